The summed E-state index contributed by atoms with van der Waals surface area (Å²) in [5, 5.41) is 2.90. The predicted molar refractivity (Wildman–Crippen MR) is 90.2 cm³/mol. The van der Waals surface area contributed by atoms with Crippen molar-refractivity contribution in [3.05, 3.63) is 46.2 Å². The summed E-state index contributed by atoms with van der Waals surface area (Å²) in [5.41, 5.74) is 4.44. The molecule has 0 fully saturated rings. The Morgan fingerprint density at radius 2 is 1.75 bits per heavy atom. The van der Waals surface area contributed by atoms with Crippen LogP contribution in [0.5, 0.6) is 0 Å². The number of rotatable bonds is 3. The zero-order chi connectivity index (χ0) is 14.2. The molecule has 0 aliphatic heterocycles. The average molecular weight is 335 g/mol. The standard InChI is InChI=1S/C17H23SSi.Ti/c1-12-11-16(18(4,5)6)13(2)14(3)17(12)19-15-9-7-8-10-15;/h7,9,11H,8H2,1-6H3;/q-1;. The molecule has 0 aromatic heterocycles. The molecular weight excluding hydrogens is 312 g/mol. The topological polar surface area (TPSA) is 0 Å². The zero-order valence-corrected chi connectivity index (χ0v) is 16.7. The van der Waals surface area contributed by atoms with Gasteiger partial charge in [0.1, 0.15) is 0 Å². The minimum atomic E-state index is -0.656. The van der Waals surface area contributed by atoms with Gasteiger partial charge in [-0.05, 0) is 61.6 Å². The second-order valence-corrected chi connectivity index (χ2v) is 11.4. The van der Waals surface area contributed by atoms with E-state index in [4.69, 9.17) is 0 Å². The molecule has 0 bridgehead atoms. The van der Waals surface area contributed by atoms with E-state index in [2.05, 4.69) is 63.8 Å². The Balaban J connectivity index is 0.00000200. The quantitative estimate of drug-likeness (QED) is 0.584. The summed E-state index contributed by atoms with van der Waals surface area (Å²) in [6.07, 6.45) is 16.0. The monoisotopic (exact) mass is 335 g/mol. The van der Waals surface area contributed by atoms with Gasteiger partial charge in [-0.3, -0.25) is 6.08 Å². The fourth-order valence-electron chi connectivity index (χ4n) is 2.50. The van der Waals surface area contributed by atoms with E-state index in [1.54, 1.807) is 4.90 Å². The van der Waals surface area contributed by atoms with Gasteiger partial charge in [-0.1, -0.05) is 10.8 Å². The van der Waals surface area contributed by atoms with Crippen molar-refractivity contribution in [1.82, 2.24) is 0 Å². The summed E-state index contributed by atoms with van der Waals surface area (Å²) in [6.45, 7) is 6.85. The Morgan fingerprint density at radius 3 is 2.25 bits per heavy atom. The Bertz CT molecular complexity index is 565. The van der Waals surface area contributed by atoms with Crippen molar-refractivity contribution in [3.63, 3.8) is 0 Å². The number of benzene rings is 1. The van der Waals surface area contributed by atoms with E-state index in [1.165, 1.54) is 27.1 Å². The summed E-state index contributed by atoms with van der Waals surface area (Å²) in [4.78, 5) is 1.57. The molecule has 1 aliphatic rings. The van der Waals surface area contributed by atoms with Crippen LogP contribution in [0.1, 0.15) is 23.1 Å². The summed E-state index contributed by atoms with van der Waals surface area (Å²) >= 11 is 0. The van der Waals surface area contributed by atoms with Crippen LogP contribution in [-0.2, 0) is 21.7 Å². The normalized spacial score (nSPS) is 15.0. The molecular formula is C17H23SSiTi-. The van der Waals surface area contributed by atoms with Crippen molar-refractivity contribution in [2.45, 2.75) is 32.1 Å². The minimum absolute atomic E-state index is 0. The van der Waals surface area contributed by atoms with E-state index in [1.807, 2.05) is 0 Å². The van der Waals surface area contributed by atoms with Crippen LogP contribution in [0.3, 0.4) is 0 Å². The summed E-state index contributed by atoms with van der Waals surface area (Å²) < 4.78 is 0. The van der Waals surface area contributed by atoms with Crippen molar-refractivity contribution in [1.29, 1.82) is 0 Å². The van der Waals surface area contributed by atoms with Gasteiger partial charge in [0.25, 0.3) is 0 Å². The molecule has 0 spiro atoms. The van der Waals surface area contributed by atoms with Gasteiger partial charge in [-0.15, -0.1) is 6.42 Å². The van der Waals surface area contributed by atoms with Crippen LogP contribution >= 0.6 is 10.0 Å². The van der Waals surface area contributed by atoms with Crippen molar-refractivity contribution in [2.24, 2.45) is 0 Å². The molecule has 0 amide bonds. The van der Waals surface area contributed by atoms with E-state index in [-0.39, 0.29) is 21.7 Å². The fraction of sp³-hybridized carbons (Fsp3) is 0.412. The summed E-state index contributed by atoms with van der Waals surface area (Å²) in [5.74, 6) is 0. The molecule has 0 heterocycles. The fourth-order valence-corrected chi connectivity index (χ4v) is 5.41. The zero-order valence-electron chi connectivity index (χ0n) is 13.3. The van der Waals surface area contributed by atoms with Crippen LogP contribution in [0.25, 0.3) is 0 Å². The minimum Gasteiger partial charge on any atom is -0.274 e. The molecule has 1 aliphatic carbocycles. The molecule has 2 radical (unpaired) electrons. The van der Waals surface area contributed by atoms with Gasteiger partial charge in [-0.25, -0.2) is 21.3 Å². The Hall–Kier alpha value is -0.0188. The van der Waals surface area contributed by atoms with Crippen molar-refractivity contribution < 1.29 is 21.7 Å². The first-order valence-electron chi connectivity index (χ1n) is 6.64. The van der Waals surface area contributed by atoms with Gasteiger partial charge in [0, 0.05) is 21.7 Å². The number of aryl methyl sites for hydroxylation is 1. The maximum absolute atomic E-state index is 3.45. The first-order valence-corrected chi connectivity index (χ1v) is 10.5. The molecule has 0 unspecified atom stereocenters. The molecule has 0 N–H and O–H groups in total. The molecule has 106 valence electrons. The molecule has 20 heavy (non-hydrogen) atoms. The molecule has 0 saturated heterocycles. The molecule has 2 rings (SSSR count). The van der Waals surface area contributed by atoms with Crippen LogP contribution in [0.4, 0.5) is 0 Å². The maximum atomic E-state index is 3.45. The first kappa shape index (κ1) is 18.0. The number of hydrogen-bond acceptors (Lipinski definition) is 0. The van der Waals surface area contributed by atoms with Crippen LogP contribution in [-0.4, -0.2) is 28.3 Å². The molecule has 0 saturated carbocycles. The predicted octanol–water partition coefficient (Wildman–Crippen LogP) is 3.64. The summed E-state index contributed by atoms with van der Waals surface area (Å²) in [6, 6.07) is 2.43. The van der Waals surface area contributed by atoms with Gasteiger partial charge in [0.15, 0.2) is 0 Å². The third kappa shape index (κ3) is 3.79. The largest absolute Gasteiger partial charge is 0.274 e. The molecule has 0 atom stereocenters. The van der Waals surface area contributed by atoms with Crippen LogP contribution in [0.15, 0.2) is 28.3 Å². The smallest absolute Gasteiger partial charge is 0.0800 e. The summed E-state index contributed by atoms with van der Waals surface area (Å²) in [7, 11) is 0.104. The maximum Gasteiger partial charge on any atom is 0.0800 e. The third-order valence-corrected chi connectivity index (χ3v) is 7.04. The first-order chi connectivity index (χ1) is 8.80. The van der Waals surface area contributed by atoms with Gasteiger partial charge < -0.3 is 0 Å². The second kappa shape index (κ2) is 6.83. The Labute approximate surface area is 143 Å². The molecule has 1 aromatic carbocycles. The van der Waals surface area contributed by atoms with Gasteiger partial charge in [-0.2, -0.15) is 6.08 Å². The Morgan fingerprint density at radius 1 is 1.10 bits per heavy atom. The van der Waals surface area contributed by atoms with E-state index in [9.17, 15) is 0 Å². The van der Waals surface area contributed by atoms with Gasteiger partial charge >= 0.3 is 0 Å². The average Bonchev–Trinajstić information content (AvgIpc) is 2.80. The second-order valence-electron chi connectivity index (χ2n) is 5.98. The SMILES string of the molecule is Cc1cc(S(C)(C)C)c(C)c(C)c1[Si]C1=[C-]CC=C1.[Ti]. The number of hydrogen-bond donors (Lipinski definition) is 0. The van der Waals surface area contributed by atoms with Crippen LogP contribution < -0.4 is 5.19 Å². The van der Waals surface area contributed by atoms with E-state index in [0.29, 0.717) is 0 Å². The van der Waals surface area contributed by atoms with E-state index < -0.39 is 10.0 Å². The van der Waals surface area contributed by atoms with E-state index in [0.717, 1.165) is 15.9 Å². The van der Waals surface area contributed by atoms with Crippen molar-refractivity contribution in [3.8, 4) is 0 Å². The van der Waals surface area contributed by atoms with Crippen molar-refractivity contribution in [2.75, 3.05) is 18.8 Å². The number of allylic oxidation sites excluding steroid dienone is 4. The van der Waals surface area contributed by atoms with Crippen LogP contribution in [0, 0.1) is 26.8 Å². The molecule has 1 aromatic rings. The van der Waals surface area contributed by atoms with Crippen LogP contribution in [0.2, 0.25) is 0 Å². The van der Waals surface area contributed by atoms with Crippen molar-refractivity contribution >= 4 is 24.7 Å². The van der Waals surface area contributed by atoms with Gasteiger partial charge in [0.05, 0.1) is 9.52 Å². The molecule has 3 heteroatoms. The van der Waals surface area contributed by atoms with Gasteiger partial charge in [0.2, 0.25) is 0 Å². The molecule has 0 nitrogen and oxygen atoms in total. The van der Waals surface area contributed by atoms with E-state index >= 15 is 0 Å². The Kier molecular flexibility index (Phi) is 6.16. The third-order valence-electron chi connectivity index (χ3n) is 3.66.